The third kappa shape index (κ3) is 6.30. The van der Waals surface area contributed by atoms with E-state index in [2.05, 4.69) is 27.1 Å². The van der Waals surface area contributed by atoms with Crippen molar-refractivity contribution in [3.63, 3.8) is 0 Å². The molecule has 1 N–H and O–H groups in total. The van der Waals surface area contributed by atoms with E-state index in [0.29, 0.717) is 31.5 Å². The van der Waals surface area contributed by atoms with Crippen LogP contribution in [0.25, 0.3) is 5.69 Å². The molecule has 4 rings (SSSR count). The van der Waals surface area contributed by atoms with Gasteiger partial charge >= 0.3 is 5.97 Å². The van der Waals surface area contributed by atoms with Crippen LogP contribution < -0.4 is 5.32 Å². The van der Waals surface area contributed by atoms with E-state index >= 15 is 0 Å². The largest absolute Gasteiger partial charge is 0.462 e. The highest BCUT2D eigenvalue weighted by atomic mass is 16.5. The number of amides is 2. The van der Waals surface area contributed by atoms with Gasteiger partial charge in [0.15, 0.2) is 5.82 Å². The van der Waals surface area contributed by atoms with Gasteiger partial charge in [0, 0.05) is 38.8 Å². The van der Waals surface area contributed by atoms with E-state index in [9.17, 15) is 14.4 Å². The van der Waals surface area contributed by atoms with Crippen molar-refractivity contribution in [2.45, 2.75) is 39.2 Å². The molecule has 2 amide bonds. The average molecular weight is 497 g/mol. The van der Waals surface area contributed by atoms with E-state index < -0.39 is 5.97 Å². The zero-order valence-corrected chi connectivity index (χ0v) is 21.2. The number of para-hydroxylation sites is 1. The standard InChI is InChI=1S/C26H36N6O4/c1-3-36-26(35)22-17-27-32(21-10-5-4-6-11-21)25(22)28-23(33)18-29-13-15-30(16-14-29)19-24(34)31-12-8-7-9-20(31)2/h4-6,10-11,17,20H,3,7-9,12-16,18-19H2,1-2H3,(H,28,33). The van der Waals surface area contributed by atoms with Gasteiger partial charge in [-0.1, -0.05) is 18.2 Å². The SMILES string of the molecule is CCOC(=O)c1cnn(-c2ccccc2)c1NC(=O)CN1CCN(CC(=O)N2CCCCC2C)CC1. The van der Waals surface area contributed by atoms with Gasteiger partial charge in [0.25, 0.3) is 0 Å². The van der Waals surface area contributed by atoms with Crippen LogP contribution in [-0.4, -0.2) is 101 Å². The molecule has 0 bridgehead atoms. The number of carbonyl (C=O) groups excluding carboxylic acids is 3. The first-order valence-corrected chi connectivity index (χ1v) is 12.8. The number of carbonyl (C=O) groups is 3. The Morgan fingerprint density at radius 3 is 2.36 bits per heavy atom. The van der Waals surface area contributed by atoms with Crippen molar-refractivity contribution in [3.05, 3.63) is 42.1 Å². The van der Waals surface area contributed by atoms with Gasteiger partial charge in [-0.3, -0.25) is 19.4 Å². The van der Waals surface area contributed by atoms with Crippen LogP contribution in [0.2, 0.25) is 0 Å². The fraction of sp³-hybridized carbons (Fsp3) is 0.538. The number of likely N-dealkylation sites (tertiary alicyclic amines) is 1. The molecular weight excluding hydrogens is 460 g/mol. The third-order valence-electron chi connectivity index (χ3n) is 6.84. The van der Waals surface area contributed by atoms with Gasteiger partial charge in [0.1, 0.15) is 5.56 Å². The van der Waals surface area contributed by atoms with Crippen LogP contribution in [0.4, 0.5) is 5.82 Å². The van der Waals surface area contributed by atoms with E-state index in [4.69, 9.17) is 4.74 Å². The molecule has 1 unspecified atom stereocenters. The molecule has 36 heavy (non-hydrogen) atoms. The second-order valence-corrected chi connectivity index (χ2v) is 9.41. The highest BCUT2D eigenvalue weighted by Crippen LogP contribution is 2.22. The van der Waals surface area contributed by atoms with Crippen LogP contribution in [-0.2, 0) is 14.3 Å². The molecule has 2 aliphatic heterocycles. The molecule has 3 heterocycles. The van der Waals surface area contributed by atoms with E-state index in [1.807, 2.05) is 35.2 Å². The molecule has 1 atom stereocenters. The average Bonchev–Trinajstić information content (AvgIpc) is 3.29. The smallest absolute Gasteiger partial charge is 0.343 e. The Kier molecular flexibility index (Phi) is 8.71. The summed E-state index contributed by atoms with van der Waals surface area (Å²) >= 11 is 0. The number of nitrogens with zero attached hydrogens (tertiary/aromatic N) is 5. The number of hydrogen-bond donors (Lipinski definition) is 1. The minimum Gasteiger partial charge on any atom is -0.462 e. The number of piperazine rings is 1. The number of piperidine rings is 1. The summed E-state index contributed by atoms with van der Waals surface area (Å²) in [6.45, 7) is 8.42. The summed E-state index contributed by atoms with van der Waals surface area (Å²) < 4.78 is 6.69. The summed E-state index contributed by atoms with van der Waals surface area (Å²) in [5, 5.41) is 7.20. The summed E-state index contributed by atoms with van der Waals surface area (Å²) in [6, 6.07) is 9.63. The van der Waals surface area contributed by atoms with Gasteiger partial charge in [0.2, 0.25) is 11.8 Å². The minimum absolute atomic E-state index is 0.188. The quantitative estimate of drug-likeness (QED) is 0.558. The molecule has 10 nitrogen and oxygen atoms in total. The van der Waals surface area contributed by atoms with Crippen molar-refractivity contribution < 1.29 is 19.1 Å². The maximum Gasteiger partial charge on any atom is 0.343 e. The van der Waals surface area contributed by atoms with Crippen molar-refractivity contribution in [2.24, 2.45) is 0 Å². The highest BCUT2D eigenvalue weighted by molar-refractivity contribution is 6.01. The highest BCUT2D eigenvalue weighted by Gasteiger charge is 2.27. The van der Waals surface area contributed by atoms with Crippen LogP contribution in [0.1, 0.15) is 43.5 Å². The van der Waals surface area contributed by atoms with Crippen molar-refractivity contribution >= 4 is 23.6 Å². The van der Waals surface area contributed by atoms with Gasteiger partial charge in [-0.2, -0.15) is 5.10 Å². The number of anilines is 1. The zero-order valence-electron chi connectivity index (χ0n) is 21.2. The maximum absolute atomic E-state index is 13.0. The van der Waals surface area contributed by atoms with Gasteiger partial charge in [-0.25, -0.2) is 9.48 Å². The molecule has 2 aromatic rings. The lowest BCUT2D eigenvalue weighted by Crippen LogP contribution is -2.53. The van der Waals surface area contributed by atoms with Crippen molar-refractivity contribution in [3.8, 4) is 5.69 Å². The molecule has 0 saturated carbocycles. The van der Waals surface area contributed by atoms with E-state index in [1.54, 1.807) is 6.92 Å². The van der Waals surface area contributed by atoms with E-state index in [1.165, 1.54) is 17.3 Å². The number of benzene rings is 1. The Hall–Kier alpha value is -3.24. The lowest BCUT2D eigenvalue weighted by atomic mass is 10.0. The molecule has 2 fully saturated rings. The van der Waals surface area contributed by atoms with Crippen molar-refractivity contribution in [1.82, 2.24) is 24.5 Å². The van der Waals surface area contributed by atoms with Crippen molar-refractivity contribution in [2.75, 3.05) is 57.7 Å². The first kappa shape index (κ1) is 25.8. The summed E-state index contributed by atoms with van der Waals surface area (Å²) in [5.74, 6) is -0.264. The fourth-order valence-electron chi connectivity index (χ4n) is 4.82. The minimum atomic E-state index is -0.531. The summed E-state index contributed by atoms with van der Waals surface area (Å²) in [6.07, 6.45) is 4.77. The predicted octanol–water partition coefficient (Wildman–Crippen LogP) is 2.01. The predicted molar refractivity (Wildman–Crippen MR) is 136 cm³/mol. The molecule has 0 aliphatic carbocycles. The lowest BCUT2D eigenvalue weighted by Gasteiger charge is -2.37. The molecule has 194 valence electrons. The molecular formula is C26H36N6O4. The Morgan fingerprint density at radius 2 is 1.69 bits per heavy atom. The second kappa shape index (κ2) is 12.1. The van der Waals surface area contributed by atoms with Crippen LogP contribution in [0.15, 0.2) is 36.5 Å². The maximum atomic E-state index is 13.0. The fourth-order valence-corrected chi connectivity index (χ4v) is 4.82. The Morgan fingerprint density at radius 1 is 1.00 bits per heavy atom. The Labute approximate surface area is 212 Å². The van der Waals surface area contributed by atoms with Gasteiger partial charge in [-0.05, 0) is 45.2 Å². The normalized spacial score (nSPS) is 19.2. The molecule has 2 aliphatic rings. The zero-order chi connectivity index (χ0) is 25.5. The van der Waals surface area contributed by atoms with Crippen molar-refractivity contribution in [1.29, 1.82) is 0 Å². The molecule has 10 heteroatoms. The summed E-state index contributed by atoms with van der Waals surface area (Å²) in [5.41, 5.74) is 0.939. The number of ether oxygens (including phenoxy) is 1. The summed E-state index contributed by atoms with van der Waals surface area (Å²) in [4.78, 5) is 44.4. The van der Waals surface area contributed by atoms with Gasteiger partial charge < -0.3 is 15.0 Å². The molecule has 0 radical (unpaired) electrons. The molecule has 0 spiro atoms. The van der Waals surface area contributed by atoms with Gasteiger partial charge in [-0.15, -0.1) is 0 Å². The van der Waals surface area contributed by atoms with Crippen LogP contribution in [0.5, 0.6) is 0 Å². The molecule has 1 aromatic heterocycles. The Balaban J connectivity index is 1.33. The molecule has 2 saturated heterocycles. The number of nitrogens with one attached hydrogen (secondary N) is 1. The van der Waals surface area contributed by atoms with Crippen LogP contribution in [0, 0.1) is 0 Å². The third-order valence-corrected chi connectivity index (χ3v) is 6.84. The second-order valence-electron chi connectivity index (χ2n) is 9.41. The number of hydrogen-bond acceptors (Lipinski definition) is 7. The van der Waals surface area contributed by atoms with Crippen LogP contribution >= 0.6 is 0 Å². The lowest BCUT2D eigenvalue weighted by molar-refractivity contribution is -0.136. The first-order chi connectivity index (χ1) is 17.5. The van der Waals surface area contributed by atoms with E-state index in [-0.39, 0.29) is 30.5 Å². The number of esters is 1. The monoisotopic (exact) mass is 496 g/mol. The summed E-state index contributed by atoms with van der Waals surface area (Å²) in [7, 11) is 0. The van der Waals surface area contributed by atoms with Crippen LogP contribution in [0.3, 0.4) is 0 Å². The topological polar surface area (TPSA) is 100 Å². The first-order valence-electron chi connectivity index (χ1n) is 12.8. The van der Waals surface area contributed by atoms with E-state index in [0.717, 1.165) is 38.2 Å². The van der Waals surface area contributed by atoms with Gasteiger partial charge in [0.05, 0.1) is 31.6 Å². The molecule has 1 aromatic carbocycles. The Bertz CT molecular complexity index is 1050. The number of rotatable bonds is 8. The number of aromatic nitrogens is 2.